The first kappa shape index (κ1) is 59.6. The molecule has 7 heterocycles. The van der Waals surface area contributed by atoms with Gasteiger partial charge >= 0.3 is 19.2 Å². The number of hydrogen-bond donors (Lipinski definition) is 6. The number of aromatic hydroxyl groups is 1. The number of para-hydroxylation sites is 1. The number of pyridine rings is 1. The van der Waals surface area contributed by atoms with E-state index in [0.717, 1.165) is 29.8 Å². The zero-order valence-corrected chi connectivity index (χ0v) is 45.5. The van der Waals surface area contributed by atoms with Gasteiger partial charge in [0.1, 0.15) is 64.7 Å². The summed E-state index contributed by atoms with van der Waals surface area (Å²) in [6, 6.07) is 8.74. The highest BCUT2D eigenvalue weighted by Crippen LogP contribution is 2.44. The minimum atomic E-state index is -3.64. The molecule has 3 aliphatic heterocycles. The smallest absolute Gasteiger partial charge is 0.351 e. The van der Waals surface area contributed by atoms with E-state index >= 15 is 0 Å². The lowest BCUT2D eigenvalue weighted by Gasteiger charge is -2.44. The van der Waals surface area contributed by atoms with Crippen LogP contribution in [0.15, 0.2) is 77.1 Å². The molecule has 2 aromatic carbocycles. The number of fused-ring (bicyclic) bond motifs is 6. The fraction of sp³-hybridized carbons (Fsp3) is 0.420. The molecule has 81 heavy (non-hydrogen) atoms. The predicted molar refractivity (Wildman–Crippen MR) is 282 cm³/mol. The molecule has 1 aliphatic carbocycles. The summed E-state index contributed by atoms with van der Waals surface area (Å²) in [4.78, 5) is 79.1. The molecule has 4 aliphatic rings. The monoisotopic (exact) mass is 1170 g/mol. The molecule has 3 fully saturated rings. The van der Waals surface area contributed by atoms with Crippen LogP contribution in [0.4, 0.5) is 29.2 Å². The first-order valence-electron chi connectivity index (χ1n) is 25.2. The van der Waals surface area contributed by atoms with Crippen molar-refractivity contribution in [3.8, 4) is 11.5 Å². The summed E-state index contributed by atoms with van der Waals surface area (Å²) in [7, 11) is -3.64. The topological polar surface area (TPSA) is 335 Å². The number of esters is 1. The first-order valence-corrected chi connectivity index (χ1v) is 28.0. The number of amides is 2. The van der Waals surface area contributed by atoms with Crippen LogP contribution in [0.1, 0.15) is 79.6 Å². The lowest BCUT2D eigenvalue weighted by atomic mass is 10.1. The minimum absolute atomic E-state index is 0.0296. The van der Waals surface area contributed by atoms with Gasteiger partial charge in [0.05, 0.1) is 50.5 Å². The average Bonchev–Trinajstić information content (AvgIpc) is 4.36. The molecule has 0 radical (unpaired) electrons. The summed E-state index contributed by atoms with van der Waals surface area (Å²) in [5.41, 5.74) is 8.61. The number of aromatic nitrogens is 7. The maximum Gasteiger partial charge on any atom is 0.351 e. The quantitative estimate of drug-likeness (QED) is 0.0450. The summed E-state index contributed by atoms with van der Waals surface area (Å²) in [5, 5.41) is 24.3. The number of nitrogens with zero attached hydrogens (tertiary/aromatic N) is 8. The van der Waals surface area contributed by atoms with Gasteiger partial charge in [-0.15, -0.1) is 11.8 Å². The Balaban J connectivity index is 0.000000169. The number of nitrogen functional groups attached to an aromatic ring is 2. The number of carbonyl (C=O) groups is 3. The zero-order valence-electron chi connectivity index (χ0n) is 43.8. The SMILES string of the molecule is CC(C)OC(=O)[C@H](C)N[P@](=O)(CO[C@H](C)Cn1cnc2c(N)ncnc21)Oc1ccccc1.Nc1nc(=O)n([C@@H]2CS[C@H](CO)O2)cc1F.O=C(NCc1c(F)cc(F)cc1F)c1cn2c(c(O)c1=O)C(=O)N1[C@H]3CC[C@H](C3)O[C@@H]1C2. The Morgan fingerprint density at radius 1 is 0.951 bits per heavy atom. The third kappa shape index (κ3) is 14.0. The molecule has 10 rings (SSSR count). The van der Waals surface area contributed by atoms with Crippen LogP contribution in [0.2, 0.25) is 0 Å². The van der Waals surface area contributed by atoms with E-state index in [-0.39, 0.29) is 49.5 Å². The van der Waals surface area contributed by atoms with Gasteiger partial charge in [-0.25, -0.2) is 42.4 Å². The Bertz CT molecular complexity index is 3450. The van der Waals surface area contributed by atoms with Crippen molar-refractivity contribution in [3.63, 3.8) is 0 Å². The van der Waals surface area contributed by atoms with E-state index in [9.17, 15) is 51.2 Å². The van der Waals surface area contributed by atoms with Crippen molar-refractivity contribution in [3.05, 3.63) is 128 Å². The number of nitrogens with one attached hydrogen (secondary N) is 2. The van der Waals surface area contributed by atoms with Crippen molar-refractivity contribution in [1.29, 1.82) is 0 Å². The Morgan fingerprint density at radius 3 is 2.37 bits per heavy atom. The molecular formula is C50H57F4N12O13PS. The van der Waals surface area contributed by atoms with Gasteiger partial charge in [-0.2, -0.15) is 4.98 Å². The van der Waals surface area contributed by atoms with E-state index in [1.807, 2.05) is 13.0 Å². The molecule has 31 heteroatoms. The average molecular weight is 1170 g/mol. The highest BCUT2D eigenvalue weighted by atomic mass is 32.2. The van der Waals surface area contributed by atoms with Crippen LogP contribution in [0.3, 0.4) is 0 Å². The number of aliphatic hydroxyl groups is 1. The minimum Gasteiger partial charge on any atom is -0.503 e. The number of hydrogen-bond acceptors (Lipinski definition) is 20. The summed E-state index contributed by atoms with van der Waals surface area (Å²) in [5.74, 6) is -6.51. The van der Waals surface area contributed by atoms with E-state index in [0.29, 0.717) is 53.6 Å². The molecule has 2 saturated heterocycles. The van der Waals surface area contributed by atoms with Gasteiger partial charge in [0.15, 0.2) is 40.8 Å². The molecule has 0 spiro atoms. The van der Waals surface area contributed by atoms with Crippen molar-refractivity contribution >= 4 is 59.9 Å². The maximum absolute atomic E-state index is 13.8. The van der Waals surface area contributed by atoms with Crippen molar-refractivity contribution in [2.45, 2.75) is 115 Å². The van der Waals surface area contributed by atoms with Crippen LogP contribution in [0.5, 0.6) is 11.5 Å². The highest BCUT2D eigenvalue weighted by molar-refractivity contribution is 8.00. The van der Waals surface area contributed by atoms with Gasteiger partial charge < -0.3 is 64.5 Å². The Hall–Kier alpha value is -7.47. The molecular weight excluding hydrogens is 1120 g/mol. The molecule has 6 aromatic rings. The summed E-state index contributed by atoms with van der Waals surface area (Å²) in [6.07, 6.45) is 5.23. The normalized spacial score (nSPS) is 20.4. The number of anilines is 2. The van der Waals surface area contributed by atoms with Crippen LogP contribution in [0, 0.1) is 23.3 Å². The van der Waals surface area contributed by atoms with Crippen LogP contribution < -0.4 is 37.5 Å². The number of nitrogens with two attached hydrogens (primary N) is 2. The lowest BCUT2D eigenvalue weighted by molar-refractivity contribution is -0.149. The van der Waals surface area contributed by atoms with E-state index in [1.165, 1.54) is 27.6 Å². The van der Waals surface area contributed by atoms with E-state index in [2.05, 4.69) is 30.3 Å². The van der Waals surface area contributed by atoms with E-state index < -0.39 is 113 Å². The number of aliphatic hydroxyl groups excluding tert-OH is 1. The molecule has 4 aromatic heterocycles. The fourth-order valence-electron chi connectivity index (χ4n) is 9.08. The Morgan fingerprint density at radius 2 is 1.68 bits per heavy atom. The number of rotatable bonds is 16. The highest BCUT2D eigenvalue weighted by Gasteiger charge is 2.48. The van der Waals surface area contributed by atoms with Gasteiger partial charge in [0, 0.05) is 42.2 Å². The number of halogens is 4. The van der Waals surface area contributed by atoms with Gasteiger partial charge in [-0.3, -0.25) is 28.3 Å². The molecule has 0 unspecified atom stereocenters. The van der Waals surface area contributed by atoms with Crippen molar-refractivity contribution in [1.82, 2.24) is 48.9 Å². The number of ether oxygens (including phenoxy) is 4. The van der Waals surface area contributed by atoms with Crippen molar-refractivity contribution < 1.29 is 70.2 Å². The molecule has 2 amide bonds. The maximum atomic E-state index is 13.8. The number of carbonyl (C=O) groups excluding carboxylic acids is 3. The van der Waals surface area contributed by atoms with Crippen LogP contribution in [-0.2, 0) is 47.9 Å². The van der Waals surface area contributed by atoms with Gasteiger partial charge in [0.2, 0.25) is 5.43 Å². The third-order valence-corrected chi connectivity index (χ3v) is 15.7. The summed E-state index contributed by atoms with van der Waals surface area (Å²) < 4.78 is 99.6. The number of thioether (sulfide) groups is 1. The van der Waals surface area contributed by atoms with Crippen LogP contribution >= 0.6 is 19.3 Å². The fourth-order valence-corrected chi connectivity index (χ4v) is 11.8. The Kier molecular flexibility index (Phi) is 18.8. The zero-order chi connectivity index (χ0) is 58.4. The molecule has 1 saturated carbocycles. The van der Waals surface area contributed by atoms with Gasteiger partial charge in [-0.1, -0.05) is 18.2 Å². The molecule has 8 N–H and O–H groups in total. The van der Waals surface area contributed by atoms with Gasteiger partial charge in [0.25, 0.3) is 11.8 Å². The second-order valence-corrected chi connectivity index (χ2v) is 22.4. The molecule has 8 atom stereocenters. The number of benzene rings is 2. The molecule has 434 valence electrons. The second kappa shape index (κ2) is 25.5. The van der Waals surface area contributed by atoms with Crippen LogP contribution in [0.25, 0.3) is 11.2 Å². The Labute approximate surface area is 462 Å². The van der Waals surface area contributed by atoms with E-state index in [4.69, 9.17) is 40.0 Å². The molecule has 2 bridgehead atoms. The standard InChI is InChI=1S/C21H18F3N3O5.C21H29N6O5P.C8H10FN3O3S/c22-9-3-14(23)12(15(24)4-9)6-25-20(30)13-7-26-8-16-27(10-1-2-11(5-10)32-16)21(31)17(26)19(29)18(13)28;1-14(2)31-21(28)16(4)26-33(29,32-17-8-6-5-7-9-17)13-30-15(3)10-27-12-25-18-19(22)23-11-24-20(18)27;9-4-1-12(8(14)11-7(4)10)5-3-16-6(2-13)15-5/h3-4,7,10-11,16,29H,1-2,5-6,8H2,(H,25,30);5-9,11-12,14-16H,10,13H2,1-4H3,(H,26,29)(H2,22,23,24);1,5-6,13H,2-3H2,(H2,10,11,14)/t10-,11+,16+;15-,16+,33+;5-,6+/m010/s1. The largest absolute Gasteiger partial charge is 0.503 e. The predicted octanol–water partition coefficient (Wildman–Crippen LogP) is 4.15. The number of imidazole rings is 1. The van der Waals surface area contributed by atoms with E-state index in [1.54, 1.807) is 55.9 Å². The summed E-state index contributed by atoms with van der Waals surface area (Å²) in [6.45, 7) is 6.56. The second-order valence-electron chi connectivity index (χ2n) is 19.2. The third-order valence-electron chi connectivity index (χ3n) is 12.9. The van der Waals surface area contributed by atoms with Crippen molar-refractivity contribution in [2.75, 3.05) is 30.2 Å². The van der Waals surface area contributed by atoms with Crippen molar-refractivity contribution in [2.24, 2.45) is 0 Å². The molecule has 25 nitrogen and oxygen atoms in total. The lowest BCUT2D eigenvalue weighted by Crippen LogP contribution is -2.57. The summed E-state index contributed by atoms with van der Waals surface area (Å²) >= 11 is 1.35. The van der Waals surface area contributed by atoms with Crippen LogP contribution in [-0.4, -0.2) is 127 Å². The van der Waals surface area contributed by atoms with Gasteiger partial charge in [-0.05, 0) is 59.1 Å². The first-order chi connectivity index (χ1) is 38.5.